The Labute approximate surface area is 102 Å². The Morgan fingerprint density at radius 3 is 1.81 bits per heavy atom. The molecule has 0 heterocycles. The Morgan fingerprint density at radius 1 is 1.00 bits per heavy atom. The van der Waals surface area contributed by atoms with Crippen LogP contribution in [0.15, 0.2) is 53.7 Å². The number of hydrogen-bond donors (Lipinski definition) is 0. The second-order valence-corrected chi connectivity index (χ2v) is 2.27. The summed E-state index contributed by atoms with van der Waals surface area (Å²) in [7, 11) is 0. The van der Waals surface area contributed by atoms with Crippen LogP contribution in [0.25, 0.3) is 0 Å². The summed E-state index contributed by atoms with van der Waals surface area (Å²) in [6, 6.07) is 0. The van der Waals surface area contributed by atoms with Gasteiger partial charge in [0.1, 0.15) is 0 Å². The molecule has 0 bridgehead atoms. The van der Waals surface area contributed by atoms with Gasteiger partial charge in [-0.05, 0) is 19.4 Å². The van der Waals surface area contributed by atoms with Gasteiger partial charge >= 0.3 is 0 Å². The van der Waals surface area contributed by atoms with Crippen LogP contribution in [0.4, 0.5) is 0 Å². The largest absolute Gasteiger partial charge is 0.257 e. The highest BCUT2D eigenvalue weighted by Gasteiger charge is 1.91. The van der Waals surface area contributed by atoms with Crippen LogP contribution < -0.4 is 0 Å². The summed E-state index contributed by atoms with van der Waals surface area (Å²) in [6.07, 6.45) is 8.97. The van der Waals surface area contributed by atoms with Gasteiger partial charge in [-0.2, -0.15) is 0 Å². The smallest absolute Gasteiger partial charge is 0.0616 e. The average Bonchev–Trinajstić information content (AvgIpc) is 2.35. The zero-order valence-corrected chi connectivity index (χ0v) is 11.7. The number of allylic oxidation sites excluding steroid dienone is 5. The number of aliphatic imine (C=N–C) groups is 1. The molecule has 92 valence electrons. The standard InChI is InChI=1S/C11H15N.2C2H6/c1-5-8-10(4)11(7-3)12-9-6-2;2*1-2/h5-9H,1-2H2,3-4H3;2*1-2H3/b10-8-,11-7+,12-9?;;. The van der Waals surface area contributed by atoms with Gasteiger partial charge < -0.3 is 0 Å². The van der Waals surface area contributed by atoms with Gasteiger partial charge in [0.2, 0.25) is 0 Å². The summed E-state index contributed by atoms with van der Waals surface area (Å²) in [5.74, 6) is 0. The molecule has 0 amide bonds. The Morgan fingerprint density at radius 2 is 1.50 bits per heavy atom. The molecule has 0 spiro atoms. The van der Waals surface area contributed by atoms with Crippen LogP contribution in [0, 0.1) is 0 Å². The van der Waals surface area contributed by atoms with Gasteiger partial charge in [-0.1, -0.05) is 65.2 Å². The average molecular weight is 221 g/mol. The van der Waals surface area contributed by atoms with E-state index in [9.17, 15) is 0 Å². The lowest BCUT2D eigenvalue weighted by Gasteiger charge is -1.98. The fourth-order valence-corrected chi connectivity index (χ4v) is 0.799. The first-order valence-electron chi connectivity index (χ1n) is 5.87. The van der Waals surface area contributed by atoms with Crippen molar-refractivity contribution in [2.75, 3.05) is 0 Å². The molecule has 0 aliphatic rings. The first-order chi connectivity index (χ1) is 7.76. The summed E-state index contributed by atoms with van der Waals surface area (Å²) in [6.45, 7) is 19.1. The van der Waals surface area contributed by atoms with E-state index in [1.807, 2.05) is 53.7 Å². The molecule has 1 nitrogen and oxygen atoms in total. The van der Waals surface area contributed by atoms with Crippen molar-refractivity contribution in [1.29, 1.82) is 0 Å². The third-order valence-corrected chi connectivity index (χ3v) is 1.36. The van der Waals surface area contributed by atoms with Crippen molar-refractivity contribution in [3.8, 4) is 0 Å². The molecule has 0 aromatic rings. The molecule has 0 N–H and O–H groups in total. The predicted molar refractivity (Wildman–Crippen MR) is 79.1 cm³/mol. The number of hydrogen-bond acceptors (Lipinski definition) is 1. The van der Waals surface area contributed by atoms with Crippen molar-refractivity contribution in [1.82, 2.24) is 0 Å². The Kier molecular flexibility index (Phi) is 24.2. The Bertz CT molecular complexity index is 242. The molecule has 0 saturated carbocycles. The topological polar surface area (TPSA) is 12.4 Å². The summed E-state index contributed by atoms with van der Waals surface area (Å²) >= 11 is 0. The molecule has 0 rings (SSSR count). The van der Waals surface area contributed by atoms with E-state index in [0.29, 0.717) is 0 Å². The Balaban J connectivity index is -0.000000376. The molecule has 1 heteroatoms. The van der Waals surface area contributed by atoms with Crippen LogP contribution in [-0.2, 0) is 0 Å². The van der Waals surface area contributed by atoms with Crippen molar-refractivity contribution >= 4 is 6.21 Å². The highest BCUT2D eigenvalue weighted by molar-refractivity contribution is 5.71. The molecule has 0 atom stereocenters. The van der Waals surface area contributed by atoms with E-state index in [-0.39, 0.29) is 0 Å². The van der Waals surface area contributed by atoms with E-state index in [4.69, 9.17) is 0 Å². The van der Waals surface area contributed by atoms with Crippen molar-refractivity contribution in [2.24, 2.45) is 4.99 Å². The van der Waals surface area contributed by atoms with Gasteiger partial charge in [0, 0.05) is 6.21 Å². The third-order valence-electron chi connectivity index (χ3n) is 1.36. The molecule has 0 aromatic heterocycles. The summed E-state index contributed by atoms with van der Waals surface area (Å²) in [5, 5.41) is 0. The van der Waals surface area contributed by atoms with Crippen molar-refractivity contribution in [3.05, 3.63) is 48.7 Å². The molecular weight excluding hydrogens is 194 g/mol. The lowest BCUT2D eigenvalue weighted by Crippen LogP contribution is -1.80. The maximum absolute atomic E-state index is 4.18. The maximum Gasteiger partial charge on any atom is 0.0616 e. The van der Waals surface area contributed by atoms with Crippen molar-refractivity contribution in [3.63, 3.8) is 0 Å². The lowest BCUT2D eigenvalue weighted by atomic mass is 10.2. The highest BCUT2D eigenvalue weighted by Crippen LogP contribution is 2.09. The summed E-state index contributed by atoms with van der Waals surface area (Å²) < 4.78 is 0. The van der Waals surface area contributed by atoms with E-state index < -0.39 is 0 Å². The van der Waals surface area contributed by atoms with Gasteiger partial charge in [-0.15, -0.1) is 0 Å². The van der Waals surface area contributed by atoms with Gasteiger partial charge in [0.25, 0.3) is 0 Å². The zero-order valence-electron chi connectivity index (χ0n) is 11.7. The second kappa shape index (κ2) is 19.2. The minimum Gasteiger partial charge on any atom is -0.257 e. The van der Waals surface area contributed by atoms with E-state index in [2.05, 4.69) is 18.2 Å². The highest BCUT2D eigenvalue weighted by atomic mass is 14.7. The molecule has 0 unspecified atom stereocenters. The summed E-state index contributed by atoms with van der Waals surface area (Å²) in [5.41, 5.74) is 2.06. The van der Waals surface area contributed by atoms with Crippen molar-refractivity contribution < 1.29 is 0 Å². The number of rotatable bonds is 4. The van der Waals surface area contributed by atoms with Crippen molar-refractivity contribution in [2.45, 2.75) is 41.5 Å². The molecule has 0 radical (unpaired) electrons. The van der Waals surface area contributed by atoms with Gasteiger partial charge in [0.15, 0.2) is 0 Å². The normalized spacial score (nSPS) is 10.9. The van der Waals surface area contributed by atoms with Crippen LogP contribution in [0.2, 0.25) is 0 Å². The van der Waals surface area contributed by atoms with Crippen LogP contribution >= 0.6 is 0 Å². The molecule has 0 fully saturated rings. The first-order valence-corrected chi connectivity index (χ1v) is 5.87. The van der Waals surface area contributed by atoms with Crippen LogP contribution in [0.5, 0.6) is 0 Å². The first kappa shape index (κ1) is 20.1. The van der Waals surface area contributed by atoms with Gasteiger partial charge in [-0.3, -0.25) is 4.99 Å². The number of nitrogens with zero attached hydrogens (tertiary/aromatic N) is 1. The molecule has 0 aliphatic carbocycles. The minimum atomic E-state index is 0.954. The second-order valence-electron chi connectivity index (χ2n) is 2.27. The fraction of sp³-hybridized carbons (Fsp3) is 0.400. The van der Waals surface area contributed by atoms with E-state index in [0.717, 1.165) is 11.3 Å². The Hall–Kier alpha value is -1.37. The fourth-order valence-electron chi connectivity index (χ4n) is 0.799. The predicted octanol–water partition coefficient (Wildman–Crippen LogP) is 5.33. The van der Waals surface area contributed by atoms with E-state index in [1.54, 1.807) is 18.4 Å². The SMILES string of the molecule is C=CC=NC(=C/C)/C(C)=C\C=C.CC.CC. The molecule has 16 heavy (non-hydrogen) atoms. The van der Waals surface area contributed by atoms with Gasteiger partial charge in [0.05, 0.1) is 5.70 Å². The molecule has 0 aromatic carbocycles. The van der Waals surface area contributed by atoms with Crippen LogP contribution in [0.3, 0.4) is 0 Å². The zero-order chi connectivity index (χ0) is 13.4. The monoisotopic (exact) mass is 221 g/mol. The molecule has 0 aliphatic heterocycles. The van der Waals surface area contributed by atoms with E-state index >= 15 is 0 Å². The minimum absolute atomic E-state index is 0.954. The molecular formula is C15H27N. The lowest BCUT2D eigenvalue weighted by molar-refractivity contribution is 1.28. The van der Waals surface area contributed by atoms with Gasteiger partial charge in [-0.25, -0.2) is 0 Å². The maximum atomic E-state index is 4.18. The van der Waals surface area contributed by atoms with Crippen LogP contribution in [-0.4, -0.2) is 6.21 Å². The molecule has 0 saturated heterocycles. The summed E-state index contributed by atoms with van der Waals surface area (Å²) in [4.78, 5) is 4.18. The van der Waals surface area contributed by atoms with Crippen LogP contribution in [0.1, 0.15) is 41.5 Å². The quantitative estimate of drug-likeness (QED) is 0.449. The van der Waals surface area contributed by atoms with E-state index in [1.165, 1.54) is 0 Å². The third kappa shape index (κ3) is 12.6.